The molecule has 0 atom stereocenters. The molecule has 3 aromatic carbocycles. The Bertz CT molecular complexity index is 1300. The van der Waals surface area contributed by atoms with Crippen molar-refractivity contribution in [1.29, 1.82) is 0 Å². The molecule has 27 heavy (non-hydrogen) atoms. The molecule has 0 aliphatic heterocycles. The van der Waals surface area contributed by atoms with Gasteiger partial charge in [-0.1, -0.05) is 48.5 Å². The lowest BCUT2D eigenvalue weighted by atomic mass is 10.1. The van der Waals surface area contributed by atoms with Crippen LogP contribution in [-0.4, -0.2) is 14.5 Å². The number of para-hydroxylation sites is 1. The minimum absolute atomic E-state index is 0.879. The Morgan fingerprint density at radius 2 is 1.59 bits per heavy atom. The van der Waals surface area contributed by atoms with Gasteiger partial charge >= 0.3 is 0 Å². The molecule has 132 valence electrons. The van der Waals surface area contributed by atoms with E-state index >= 15 is 0 Å². The second kappa shape index (κ2) is 6.20. The molecule has 2 aromatic heterocycles. The van der Waals surface area contributed by atoms with Crippen LogP contribution >= 0.6 is 0 Å². The Morgan fingerprint density at radius 1 is 0.815 bits per heavy atom. The summed E-state index contributed by atoms with van der Waals surface area (Å²) in [6, 6.07) is 23.3. The predicted octanol–water partition coefficient (Wildman–Crippen LogP) is 5.37. The second-order valence-electron chi connectivity index (χ2n) is 7.19. The van der Waals surface area contributed by atoms with Gasteiger partial charge in [-0.15, -0.1) is 0 Å². The van der Waals surface area contributed by atoms with Crippen LogP contribution in [0.1, 0.15) is 17.1 Å². The number of benzene rings is 3. The number of rotatable bonds is 3. The van der Waals surface area contributed by atoms with Gasteiger partial charge in [-0.05, 0) is 42.5 Å². The van der Waals surface area contributed by atoms with Gasteiger partial charge in [0.15, 0.2) is 0 Å². The Balaban J connectivity index is 1.53. The molecule has 0 aliphatic rings. The average molecular weight is 351 g/mol. The molecule has 0 N–H and O–H groups in total. The van der Waals surface area contributed by atoms with Crippen molar-refractivity contribution in [3.8, 4) is 0 Å². The predicted molar refractivity (Wildman–Crippen MR) is 112 cm³/mol. The molecule has 0 bridgehead atoms. The maximum atomic E-state index is 5.01. The van der Waals surface area contributed by atoms with E-state index in [0.29, 0.717) is 0 Å². The number of nitrogens with zero attached hydrogens (tertiary/aromatic N) is 3. The highest BCUT2D eigenvalue weighted by molar-refractivity contribution is 6.05. The lowest BCUT2D eigenvalue weighted by Crippen LogP contribution is -2.02. The number of aromatic nitrogens is 3. The first-order valence-electron chi connectivity index (χ1n) is 9.39. The summed E-state index contributed by atoms with van der Waals surface area (Å²) in [5.41, 5.74) is 5.78. The first kappa shape index (κ1) is 16.0. The van der Waals surface area contributed by atoms with Crippen molar-refractivity contribution < 1.29 is 0 Å². The molecule has 5 rings (SSSR count). The van der Waals surface area contributed by atoms with Gasteiger partial charge in [0.25, 0.3) is 0 Å². The van der Waals surface area contributed by atoms with Crippen LogP contribution < -0.4 is 0 Å². The van der Waals surface area contributed by atoms with Gasteiger partial charge in [-0.3, -0.25) is 4.98 Å². The summed E-state index contributed by atoms with van der Waals surface area (Å²) >= 11 is 0. The first-order chi connectivity index (χ1) is 13.2. The molecule has 0 fully saturated rings. The van der Waals surface area contributed by atoms with Crippen LogP contribution in [0.15, 0.2) is 66.7 Å². The summed E-state index contributed by atoms with van der Waals surface area (Å²) in [4.78, 5) is 9.82. The maximum Gasteiger partial charge on any atom is 0.110 e. The minimum atomic E-state index is 0.879. The summed E-state index contributed by atoms with van der Waals surface area (Å²) in [5.74, 6) is 1.11. The van der Waals surface area contributed by atoms with Crippen molar-refractivity contribution in [2.45, 2.75) is 19.8 Å². The average Bonchev–Trinajstić information content (AvgIpc) is 3.03. The molecule has 0 saturated carbocycles. The third-order valence-electron chi connectivity index (χ3n) is 5.41. The molecule has 0 radical (unpaired) electrons. The van der Waals surface area contributed by atoms with Crippen LogP contribution in [0.3, 0.4) is 0 Å². The molecule has 0 amide bonds. The number of aryl methyl sites for hydroxylation is 4. The smallest absolute Gasteiger partial charge is 0.110 e. The third-order valence-corrected chi connectivity index (χ3v) is 5.41. The normalized spacial score (nSPS) is 11.6. The number of imidazole rings is 1. The first-order valence-corrected chi connectivity index (χ1v) is 9.39. The van der Waals surface area contributed by atoms with Crippen LogP contribution in [-0.2, 0) is 19.9 Å². The lowest BCUT2D eigenvalue weighted by Gasteiger charge is -2.06. The maximum absolute atomic E-state index is 5.01. The standard InChI is InChI=1S/C24H21N3/c1-16-15-18-8-3-5-9-20(18)23-24(16)27(2)22(26-23)14-13-19-12-11-17-7-4-6-10-21(17)25-19/h3-12,15H,13-14H2,1-2H3. The minimum Gasteiger partial charge on any atom is -0.331 e. The van der Waals surface area contributed by atoms with E-state index in [1.807, 2.05) is 6.07 Å². The fourth-order valence-corrected chi connectivity index (χ4v) is 4.04. The molecule has 5 aromatic rings. The highest BCUT2D eigenvalue weighted by Gasteiger charge is 2.13. The summed E-state index contributed by atoms with van der Waals surface area (Å²) in [7, 11) is 2.13. The van der Waals surface area contributed by atoms with Crippen molar-refractivity contribution in [3.05, 3.63) is 83.8 Å². The zero-order valence-electron chi connectivity index (χ0n) is 15.6. The van der Waals surface area contributed by atoms with Crippen molar-refractivity contribution in [2.75, 3.05) is 0 Å². The van der Waals surface area contributed by atoms with Crippen molar-refractivity contribution in [3.63, 3.8) is 0 Å². The van der Waals surface area contributed by atoms with Crippen LogP contribution in [0.2, 0.25) is 0 Å². The van der Waals surface area contributed by atoms with E-state index in [2.05, 4.69) is 79.2 Å². The number of fused-ring (bicyclic) bond motifs is 4. The quantitative estimate of drug-likeness (QED) is 0.437. The van der Waals surface area contributed by atoms with E-state index in [9.17, 15) is 0 Å². The highest BCUT2D eigenvalue weighted by Crippen LogP contribution is 2.28. The second-order valence-corrected chi connectivity index (χ2v) is 7.19. The lowest BCUT2D eigenvalue weighted by molar-refractivity contribution is 0.777. The zero-order valence-corrected chi connectivity index (χ0v) is 15.6. The van der Waals surface area contributed by atoms with E-state index in [1.165, 1.54) is 27.2 Å². The largest absolute Gasteiger partial charge is 0.331 e. The Labute approximate surface area is 158 Å². The fraction of sp³-hybridized carbons (Fsp3) is 0.167. The highest BCUT2D eigenvalue weighted by atomic mass is 15.1. The Kier molecular flexibility index (Phi) is 3.68. The van der Waals surface area contributed by atoms with E-state index in [0.717, 1.165) is 35.4 Å². The number of hydrogen-bond acceptors (Lipinski definition) is 2. The molecule has 2 heterocycles. The van der Waals surface area contributed by atoms with E-state index < -0.39 is 0 Å². The summed E-state index contributed by atoms with van der Waals surface area (Å²) in [6.45, 7) is 2.17. The Hall–Kier alpha value is -3.20. The van der Waals surface area contributed by atoms with Gasteiger partial charge in [0.05, 0.1) is 16.6 Å². The topological polar surface area (TPSA) is 30.7 Å². The summed E-state index contributed by atoms with van der Waals surface area (Å²) in [6.07, 6.45) is 1.77. The number of pyridine rings is 1. The molecule has 3 nitrogen and oxygen atoms in total. The van der Waals surface area contributed by atoms with Gasteiger partial charge in [0, 0.05) is 29.9 Å². The van der Waals surface area contributed by atoms with E-state index in [1.54, 1.807) is 0 Å². The molecular weight excluding hydrogens is 330 g/mol. The van der Waals surface area contributed by atoms with Gasteiger partial charge in [-0.2, -0.15) is 0 Å². The van der Waals surface area contributed by atoms with Crippen LogP contribution in [0.25, 0.3) is 32.7 Å². The van der Waals surface area contributed by atoms with Crippen LogP contribution in [0.5, 0.6) is 0 Å². The van der Waals surface area contributed by atoms with Gasteiger partial charge in [0.1, 0.15) is 5.82 Å². The van der Waals surface area contributed by atoms with Gasteiger partial charge in [-0.25, -0.2) is 4.98 Å². The van der Waals surface area contributed by atoms with Crippen molar-refractivity contribution >= 4 is 32.7 Å². The SMILES string of the molecule is Cc1cc2ccccc2c2nc(CCc3ccc4ccccc4n3)n(C)c12. The monoisotopic (exact) mass is 351 g/mol. The zero-order chi connectivity index (χ0) is 18.4. The van der Waals surface area contributed by atoms with Crippen molar-refractivity contribution in [1.82, 2.24) is 14.5 Å². The van der Waals surface area contributed by atoms with Gasteiger partial charge < -0.3 is 4.57 Å². The molecule has 0 unspecified atom stereocenters. The Morgan fingerprint density at radius 3 is 2.48 bits per heavy atom. The molecule has 3 heteroatoms. The molecule has 0 aliphatic carbocycles. The number of hydrogen-bond donors (Lipinski definition) is 0. The molecule has 0 spiro atoms. The molecule has 0 saturated heterocycles. The summed E-state index contributed by atoms with van der Waals surface area (Å²) in [5, 5.41) is 3.67. The summed E-state index contributed by atoms with van der Waals surface area (Å²) < 4.78 is 2.25. The third kappa shape index (κ3) is 2.67. The fourth-order valence-electron chi connectivity index (χ4n) is 4.04. The van der Waals surface area contributed by atoms with E-state index in [-0.39, 0.29) is 0 Å². The van der Waals surface area contributed by atoms with Crippen LogP contribution in [0.4, 0.5) is 0 Å². The van der Waals surface area contributed by atoms with E-state index in [4.69, 9.17) is 9.97 Å². The molecular formula is C24H21N3. The van der Waals surface area contributed by atoms with Gasteiger partial charge in [0.2, 0.25) is 0 Å². The van der Waals surface area contributed by atoms with Crippen molar-refractivity contribution in [2.24, 2.45) is 7.05 Å². The van der Waals surface area contributed by atoms with Crippen LogP contribution in [0, 0.1) is 6.92 Å².